The van der Waals surface area contributed by atoms with E-state index in [1.165, 1.54) is 0 Å². The van der Waals surface area contributed by atoms with Crippen LogP contribution in [-0.2, 0) is 10.2 Å². The zero-order chi connectivity index (χ0) is 14.9. The molecule has 0 unspecified atom stereocenters. The maximum absolute atomic E-state index is 11.6. The van der Waals surface area contributed by atoms with Crippen molar-refractivity contribution in [2.45, 2.75) is 44.6 Å². The fraction of sp³-hybridized carbons (Fsp3) is 0.533. The molecule has 0 spiro atoms. The van der Waals surface area contributed by atoms with Crippen molar-refractivity contribution in [1.29, 1.82) is 0 Å². The van der Waals surface area contributed by atoms with Crippen LogP contribution in [0, 0.1) is 0 Å². The highest BCUT2D eigenvalue weighted by Gasteiger charge is 2.47. The van der Waals surface area contributed by atoms with Gasteiger partial charge in [-0.15, -0.1) is 0 Å². The molecule has 0 heterocycles. The fourth-order valence-corrected chi connectivity index (χ4v) is 3.24. The van der Waals surface area contributed by atoms with Gasteiger partial charge >= 0.3 is 5.97 Å². The molecule has 0 aliphatic heterocycles. The van der Waals surface area contributed by atoms with Gasteiger partial charge in [0.2, 0.25) is 0 Å². The predicted octanol–water partition coefficient (Wildman–Crippen LogP) is 3.75. The van der Waals surface area contributed by atoms with Crippen molar-refractivity contribution in [2.24, 2.45) is 0 Å². The fourth-order valence-electron chi connectivity index (χ4n) is 2.54. The number of rotatable bonds is 5. The summed E-state index contributed by atoms with van der Waals surface area (Å²) in [6.07, 6.45) is 2.28. The van der Waals surface area contributed by atoms with Gasteiger partial charge in [0.1, 0.15) is 0 Å². The van der Waals surface area contributed by atoms with Crippen LogP contribution in [0.5, 0.6) is 11.5 Å². The minimum absolute atomic E-state index is 0.0267. The van der Waals surface area contributed by atoms with E-state index >= 15 is 0 Å². The summed E-state index contributed by atoms with van der Waals surface area (Å²) in [5.74, 6) is 0.423. The SMILES string of the molecule is COc1cc(C2(C(=O)O)CCC2)c(Br)cc1OC(C)C. The normalized spacial score (nSPS) is 16.6. The number of hydrogen-bond acceptors (Lipinski definition) is 3. The van der Waals surface area contributed by atoms with Crippen LogP contribution in [0.2, 0.25) is 0 Å². The van der Waals surface area contributed by atoms with Crippen molar-refractivity contribution in [3.63, 3.8) is 0 Å². The first-order chi connectivity index (χ1) is 9.40. The van der Waals surface area contributed by atoms with E-state index in [2.05, 4.69) is 15.9 Å². The summed E-state index contributed by atoms with van der Waals surface area (Å²) in [6, 6.07) is 3.59. The Morgan fingerprint density at radius 2 is 2.00 bits per heavy atom. The Balaban J connectivity index is 2.48. The van der Waals surface area contributed by atoms with E-state index in [1.807, 2.05) is 13.8 Å². The molecule has 4 nitrogen and oxygen atoms in total. The quantitative estimate of drug-likeness (QED) is 0.885. The Morgan fingerprint density at radius 1 is 1.35 bits per heavy atom. The van der Waals surface area contributed by atoms with E-state index in [-0.39, 0.29) is 6.10 Å². The van der Waals surface area contributed by atoms with Gasteiger partial charge in [0.25, 0.3) is 0 Å². The number of aliphatic carboxylic acids is 1. The molecular formula is C15H19BrO4. The van der Waals surface area contributed by atoms with E-state index in [9.17, 15) is 9.90 Å². The molecule has 0 radical (unpaired) electrons. The summed E-state index contributed by atoms with van der Waals surface area (Å²) in [7, 11) is 1.56. The highest BCUT2D eigenvalue weighted by Crippen LogP contribution is 2.49. The summed E-state index contributed by atoms with van der Waals surface area (Å²) in [5, 5.41) is 9.55. The summed E-state index contributed by atoms with van der Waals surface area (Å²) in [4.78, 5) is 11.6. The van der Waals surface area contributed by atoms with E-state index in [4.69, 9.17) is 9.47 Å². The van der Waals surface area contributed by atoms with Gasteiger partial charge in [-0.1, -0.05) is 22.4 Å². The largest absolute Gasteiger partial charge is 0.493 e. The van der Waals surface area contributed by atoms with Crippen LogP contribution >= 0.6 is 15.9 Å². The molecule has 1 fully saturated rings. The third-order valence-corrected chi connectivity index (χ3v) is 4.40. The Hall–Kier alpha value is -1.23. The molecule has 110 valence electrons. The zero-order valence-electron chi connectivity index (χ0n) is 11.9. The van der Waals surface area contributed by atoms with Crippen molar-refractivity contribution in [2.75, 3.05) is 7.11 Å². The lowest BCUT2D eigenvalue weighted by molar-refractivity contribution is -0.147. The molecule has 1 N–H and O–H groups in total. The van der Waals surface area contributed by atoms with Gasteiger partial charge in [0.05, 0.1) is 18.6 Å². The van der Waals surface area contributed by atoms with E-state index in [0.717, 1.165) is 16.5 Å². The van der Waals surface area contributed by atoms with Crippen LogP contribution in [0.1, 0.15) is 38.7 Å². The minimum Gasteiger partial charge on any atom is -0.493 e. The number of halogens is 1. The highest BCUT2D eigenvalue weighted by molar-refractivity contribution is 9.10. The van der Waals surface area contributed by atoms with Crippen molar-refractivity contribution in [3.05, 3.63) is 22.2 Å². The maximum atomic E-state index is 11.6. The van der Waals surface area contributed by atoms with Crippen molar-refractivity contribution in [3.8, 4) is 11.5 Å². The molecule has 1 aromatic rings. The predicted molar refractivity (Wildman–Crippen MR) is 79.6 cm³/mol. The van der Waals surface area contributed by atoms with Gasteiger partial charge in [-0.3, -0.25) is 4.79 Å². The van der Waals surface area contributed by atoms with Crippen molar-refractivity contribution >= 4 is 21.9 Å². The third-order valence-electron chi connectivity index (χ3n) is 3.75. The maximum Gasteiger partial charge on any atom is 0.314 e. The molecule has 1 saturated carbocycles. The summed E-state index contributed by atoms with van der Waals surface area (Å²) in [5.41, 5.74) is -0.0214. The summed E-state index contributed by atoms with van der Waals surface area (Å²) < 4.78 is 11.8. The van der Waals surface area contributed by atoms with E-state index < -0.39 is 11.4 Å². The molecule has 0 amide bonds. The van der Waals surface area contributed by atoms with Crippen molar-refractivity contribution < 1.29 is 19.4 Å². The van der Waals surface area contributed by atoms with Crippen LogP contribution in [0.3, 0.4) is 0 Å². The Kier molecular flexibility index (Phi) is 4.28. The lowest BCUT2D eigenvalue weighted by Gasteiger charge is -2.39. The van der Waals surface area contributed by atoms with Gasteiger partial charge in [0, 0.05) is 4.47 Å². The van der Waals surface area contributed by atoms with Crippen LogP contribution in [0.4, 0.5) is 0 Å². The molecule has 2 rings (SSSR count). The third kappa shape index (κ3) is 2.51. The van der Waals surface area contributed by atoms with Gasteiger partial charge < -0.3 is 14.6 Å². The molecule has 0 atom stereocenters. The smallest absolute Gasteiger partial charge is 0.314 e. The number of carboxylic acid groups (broad SMARTS) is 1. The van der Waals surface area contributed by atoms with Gasteiger partial charge in [0.15, 0.2) is 11.5 Å². The Bertz CT molecular complexity index is 521. The second-order valence-electron chi connectivity index (χ2n) is 5.39. The molecule has 1 aliphatic carbocycles. The topological polar surface area (TPSA) is 55.8 Å². The molecule has 20 heavy (non-hydrogen) atoms. The molecule has 0 saturated heterocycles. The highest BCUT2D eigenvalue weighted by atomic mass is 79.9. The van der Waals surface area contributed by atoms with Crippen LogP contribution in [0.15, 0.2) is 16.6 Å². The molecule has 5 heteroatoms. The van der Waals surface area contributed by atoms with E-state index in [0.29, 0.717) is 24.3 Å². The van der Waals surface area contributed by atoms with Crippen LogP contribution in [0.25, 0.3) is 0 Å². The van der Waals surface area contributed by atoms with Crippen LogP contribution < -0.4 is 9.47 Å². The minimum atomic E-state index is -0.789. The zero-order valence-corrected chi connectivity index (χ0v) is 13.5. The van der Waals surface area contributed by atoms with Gasteiger partial charge in [-0.05, 0) is 44.4 Å². The standard InChI is InChI=1S/C15H19BrO4/c1-9(2)20-13-8-11(16)10(7-12(13)19-3)15(14(17)18)5-4-6-15/h7-9H,4-6H2,1-3H3,(H,17,18). The first-order valence-corrected chi connectivity index (χ1v) is 7.48. The number of ether oxygens (including phenoxy) is 2. The van der Waals surface area contributed by atoms with Crippen molar-refractivity contribution in [1.82, 2.24) is 0 Å². The number of hydrogen-bond donors (Lipinski definition) is 1. The average molecular weight is 343 g/mol. The van der Waals surface area contributed by atoms with Gasteiger partial charge in [-0.25, -0.2) is 0 Å². The lowest BCUT2D eigenvalue weighted by Crippen LogP contribution is -2.42. The number of carbonyl (C=O) groups is 1. The monoisotopic (exact) mass is 342 g/mol. The molecule has 0 aromatic heterocycles. The Morgan fingerprint density at radius 3 is 2.40 bits per heavy atom. The number of methoxy groups -OCH3 is 1. The Labute approximate surface area is 127 Å². The lowest BCUT2D eigenvalue weighted by atomic mass is 9.64. The first-order valence-electron chi connectivity index (χ1n) is 6.69. The van der Waals surface area contributed by atoms with E-state index in [1.54, 1.807) is 19.2 Å². The van der Waals surface area contributed by atoms with Crippen LogP contribution in [-0.4, -0.2) is 24.3 Å². The number of benzene rings is 1. The molecule has 0 bridgehead atoms. The molecular weight excluding hydrogens is 324 g/mol. The number of carboxylic acids is 1. The summed E-state index contributed by atoms with van der Waals surface area (Å²) >= 11 is 3.48. The summed E-state index contributed by atoms with van der Waals surface area (Å²) in [6.45, 7) is 3.87. The second-order valence-corrected chi connectivity index (χ2v) is 6.24. The molecule has 1 aliphatic rings. The average Bonchev–Trinajstić information content (AvgIpc) is 2.29. The first kappa shape index (κ1) is 15.2. The second kappa shape index (κ2) is 5.64. The van der Waals surface area contributed by atoms with Gasteiger partial charge in [-0.2, -0.15) is 0 Å². The molecule has 1 aromatic carbocycles.